The predicted octanol–water partition coefficient (Wildman–Crippen LogP) is 1.65. The van der Waals surface area contributed by atoms with E-state index in [0.717, 1.165) is 49.6 Å². The van der Waals surface area contributed by atoms with Crippen molar-refractivity contribution in [3.63, 3.8) is 0 Å². The second-order valence-corrected chi connectivity index (χ2v) is 5.04. The molecule has 3 heterocycles. The molecule has 0 atom stereocenters. The van der Waals surface area contributed by atoms with E-state index in [9.17, 15) is 0 Å². The minimum Gasteiger partial charge on any atom is -0.367 e. The molecule has 0 amide bonds. The molecule has 0 aliphatic carbocycles. The average molecular weight is 257 g/mol. The van der Waals surface area contributed by atoms with Gasteiger partial charge in [-0.25, -0.2) is 0 Å². The molecule has 3 rings (SSSR count). The van der Waals surface area contributed by atoms with Gasteiger partial charge in [0.25, 0.3) is 0 Å². The number of piperidine rings is 1. The monoisotopic (exact) mass is 257 g/mol. The third kappa shape index (κ3) is 2.61. The molecule has 5 nitrogen and oxygen atoms in total. The van der Waals surface area contributed by atoms with Gasteiger partial charge in [0.05, 0.1) is 5.69 Å². The van der Waals surface area contributed by atoms with Crippen LogP contribution in [0.2, 0.25) is 0 Å². The third-order valence-electron chi connectivity index (χ3n) is 3.82. The molecule has 1 aliphatic heterocycles. The highest BCUT2D eigenvalue weighted by atomic mass is 15.3. The van der Waals surface area contributed by atoms with Crippen molar-refractivity contribution in [3.05, 3.63) is 30.6 Å². The van der Waals surface area contributed by atoms with Gasteiger partial charge in [-0.15, -0.1) is 10.2 Å². The molecule has 1 saturated heterocycles. The maximum Gasteiger partial charge on any atom is 0.151 e. The van der Waals surface area contributed by atoms with Crippen molar-refractivity contribution in [2.75, 3.05) is 24.5 Å². The van der Waals surface area contributed by atoms with Crippen molar-refractivity contribution in [2.45, 2.75) is 12.8 Å². The van der Waals surface area contributed by atoms with Crippen LogP contribution in [0.5, 0.6) is 0 Å². The Bertz CT molecular complexity index is 497. The van der Waals surface area contributed by atoms with Crippen molar-refractivity contribution in [3.8, 4) is 11.3 Å². The van der Waals surface area contributed by atoms with Crippen molar-refractivity contribution < 1.29 is 0 Å². The zero-order valence-electron chi connectivity index (χ0n) is 10.9. The summed E-state index contributed by atoms with van der Waals surface area (Å²) in [6, 6.07) is 6.08. The lowest BCUT2D eigenvalue weighted by Gasteiger charge is -2.31. The number of nitrogens with one attached hydrogen (secondary N) is 1. The Hall–Kier alpha value is -1.88. The van der Waals surface area contributed by atoms with E-state index >= 15 is 0 Å². The van der Waals surface area contributed by atoms with E-state index in [0.29, 0.717) is 5.92 Å². The normalized spacial score (nSPS) is 16.8. The smallest absolute Gasteiger partial charge is 0.151 e. The van der Waals surface area contributed by atoms with E-state index < -0.39 is 0 Å². The Morgan fingerprint density at radius 1 is 1.21 bits per heavy atom. The molecule has 1 aliphatic rings. The first-order chi connectivity index (χ1) is 9.36. The lowest BCUT2D eigenvalue weighted by Crippen LogP contribution is -2.36. The lowest BCUT2D eigenvalue weighted by atomic mass is 9.97. The van der Waals surface area contributed by atoms with Gasteiger partial charge in [-0.3, -0.25) is 0 Å². The van der Waals surface area contributed by atoms with E-state index in [1.807, 2.05) is 24.5 Å². The first-order valence-corrected chi connectivity index (χ1v) is 6.78. The maximum atomic E-state index is 5.71. The Kier molecular flexibility index (Phi) is 3.46. The van der Waals surface area contributed by atoms with E-state index in [-0.39, 0.29) is 0 Å². The SMILES string of the molecule is NCC1CCN(c2ccc(-c3cc[nH]c3)nn2)CC1. The van der Waals surface area contributed by atoms with Gasteiger partial charge in [0.1, 0.15) is 0 Å². The Morgan fingerprint density at radius 2 is 2.05 bits per heavy atom. The first kappa shape index (κ1) is 12.2. The fourth-order valence-corrected chi connectivity index (χ4v) is 2.53. The largest absolute Gasteiger partial charge is 0.367 e. The molecule has 0 spiro atoms. The summed E-state index contributed by atoms with van der Waals surface area (Å²) in [5.41, 5.74) is 7.69. The number of hydrogen-bond acceptors (Lipinski definition) is 4. The summed E-state index contributed by atoms with van der Waals surface area (Å²) in [5.74, 6) is 1.64. The van der Waals surface area contributed by atoms with Crippen LogP contribution < -0.4 is 10.6 Å². The summed E-state index contributed by atoms with van der Waals surface area (Å²) >= 11 is 0. The minimum absolute atomic E-state index is 0.670. The topological polar surface area (TPSA) is 70.8 Å². The maximum absolute atomic E-state index is 5.71. The number of aromatic nitrogens is 3. The fraction of sp³-hybridized carbons (Fsp3) is 0.429. The molecule has 100 valence electrons. The van der Waals surface area contributed by atoms with Crippen LogP contribution in [0.1, 0.15) is 12.8 Å². The van der Waals surface area contributed by atoms with E-state index in [2.05, 4.69) is 26.1 Å². The quantitative estimate of drug-likeness (QED) is 0.877. The number of rotatable bonds is 3. The molecular formula is C14H19N5. The zero-order chi connectivity index (χ0) is 13.1. The molecule has 5 heteroatoms. The average Bonchev–Trinajstić information content (AvgIpc) is 3.02. The standard InChI is InChI=1S/C14H19N5/c15-9-11-4-7-19(8-5-11)14-2-1-13(17-18-14)12-3-6-16-10-12/h1-3,6,10-11,16H,4-5,7-9,15H2. The van der Waals surface area contributed by atoms with E-state index in [1.54, 1.807) is 0 Å². The van der Waals surface area contributed by atoms with Gasteiger partial charge in [-0.05, 0) is 43.5 Å². The van der Waals surface area contributed by atoms with Crippen molar-refractivity contribution in [1.29, 1.82) is 0 Å². The molecule has 3 N–H and O–H groups in total. The van der Waals surface area contributed by atoms with Crippen LogP contribution in [0.15, 0.2) is 30.6 Å². The highest BCUT2D eigenvalue weighted by Gasteiger charge is 2.19. The highest BCUT2D eigenvalue weighted by Crippen LogP contribution is 2.22. The van der Waals surface area contributed by atoms with Gasteiger partial charge in [-0.2, -0.15) is 0 Å². The predicted molar refractivity (Wildman–Crippen MR) is 75.8 cm³/mol. The molecule has 1 fully saturated rings. The number of nitrogens with two attached hydrogens (primary N) is 1. The molecule has 2 aromatic rings. The summed E-state index contributed by atoms with van der Waals surface area (Å²) < 4.78 is 0. The zero-order valence-corrected chi connectivity index (χ0v) is 10.9. The molecule has 0 aromatic carbocycles. The summed E-state index contributed by atoms with van der Waals surface area (Å²) in [7, 11) is 0. The summed E-state index contributed by atoms with van der Waals surface area (Å²) in [6.45, 7) is 2.85. The van der Waals surface area contributed by atoms with Gasteiger partial charge >= 0.3 is 0 Å². The van der Waals surface area contributed by atoms with Gasteiger partial charge in [0.15, 0.2) is 5.82 Å². The summed E-state index contributed by atoms with van der Waals surface area (Å²) in [6.07, 6.45) is 6.12. The summed E-state index contributed by atoms with van der Waals surface area (Å²) in [4.78, 5) is 5.32. The third-order valence-corrected chi connectivity index (χ3v) is 3.82. The van der Waals surface area contributed by atoms with Crippen molar-refractivity contribution in [2.24, 2.45) is 11.7 Å². The highest BCUT2D eigenvalue weighted by molar-refractivity contribution is 5.58. The number of hydrogen-bond donors (Lipinski definition) is 2. The number of anilines is 1. The van der Waals surface area contributed by atoms with Crippen LogP contribution in [0, 0.1) is 5.92 Å². The van der Waals surface area contributed by atoms with Crippen molar-refractivity contribution >= 4 is 5.82 Å². The van der Waals surface area contributed by atoms with Gasteiger partial charge < -0.3 is 15.6 Å². The molecule has 2 aromatic heterocycles. The second kappa shape index (κ2) is 5.40. The molecule has 0 unspecified atom stereocenters. The number of H-pyrrole nitrogens is 1. The molecular weight excluding hydrogens is 238 g/mol. The number of aromatic amines is 1. The fourth-order valence-electron chi connectivity index (χ4n) is 2.53. The number of nitrogens with zero attached hydrogens (tertiary/aromatic N) is 3. The van der Waals surface area contributed by atoms with Crippen LogP contribution >= 0.6 is 0 Å². The Balaban J connectivity index is 1.70. The van der Waals surface area contributed by atoms with Crippen molar-refractivity contribution in [1.82, 2.24) is 15.2 Å². The molecule has 0 saturated carbocycles. The first-order valence-electron chi connectivity index (χ1n) is 6.78. The minimum atomic E-state index is 0.670. The van der Waals surface area contributed by atoms with Gasteiger partial charge in [0, 0.05) is 31.0 Å². The Labute approximate surface area is 112 Å². The Morgan fingerprint density at radius 3 is 2.63 bits per heavy atom. The lowest BCUT2D eigenvalue weighted by molar-refractivity contribution is 0.412. The van der Waals surface area contributed by atoms with Crippen LogP contribution in [0.3, 0.4) is 0 Å². The summed E-state index contributed by atoms with van der Waals surface area (Å²) in [5, 5.41) is 8.64. The molecule has 0 radical (unpaired) electrons. The van der Waals surface area contributed by atoms with Crippen LogP contribution in [0.4, 0.5) is 5.82 Å². The van der Waals surface area contributed by atoms with Gasteiger partial charge in [0.2, 0.25) is 0 Å². The van der Waals surface area contributed by atoms with Crippen LogP contribution in [-0.4, -0.2) is 34.8 Å². The van der Waals surface area contributed by atoms with Crippen LogP contribution in [0.25, 0.3) is 11.3 Å². The van der Waals surface area contributed by atoms with E-state index in [1.165, 1.54) is 0 Å². The molecule has 19 heavy (non-hydrogen) atoms. The second-order valence-electron chi connectivity index (χ2n) is 5.04. The van der Waals surface area contributed by atoms with Gasteiger partial charge in [-0.1, -0.05) is 0 Å². The van der Waals surface area contributed by atoms with Crippen LogP contribution in [-0.2, 0) is 0 Å². The molecule has 0 bridgehead atoms. The van der Waals surface area contributed by atoms with E-state index in [4.69, 9.17) is 5.73 Å².